The van der Waals surface area contributed by atoms with Crippen molar-refractivity contribution >= 4 is 19.4 Å². The number of hydrogen-bond acceptors (Lipinski definition) is 4. The van der Waals surface area contributed by atoms with E-state index in [2.05, 4.69) is 0 Å². The molecule has 4 nitrogen and oxygen atoms in total. The van der Waals surface area contributed by atoms with Gasteiger partial charge in [0.25, 0.3) is 0 Å². The molecule has 0 fully saturated rings. The average molecular weight is 510 g/mol. The summed E-state index contributed by atoms with van der Waals surface area (Å²) < 4.78 is 18.8. The smallest absolute Gasteiger partial charge is 0.459 e. The Hall–Kier alpha value is -3.80. The molecule has 5 aromatic rings. The first kappa shape index (κ1) is 27.2. The van der Waals surface area contributed by atoms with Gasteiger partial charge >= 0.3 is 18.9 Å². The summed E-state index contributed by atoms with van der Waals surface area (Å²) in [5, 5.41) is 0.612. The van der Waals surface area contributed by atoms with Crippen LogP contribution in [0.15, 0.2) is 127 Å². The predicted octanol–water partition coefficient (Wildman–Crippen LogP) is 5.79. The van der Waals surface area contributed by atoms with Crippen LogP contribution in [0.25, 0.3) is 0 Å². The Morgan fingerprint density at radius 3 is 1.45 bits per heavy atom. The largest absolute Gasteiger partial charge is 1.00 e. The Labute approximate surface area is 236 Å². The van der Waals surface area contributed by atoms with E-state index in [9.17, 15) is 4.79 Å². The van der Waals surface area contributed by atoms with Crippen LogP contribution >= 0.6 is 8.58 Å². The first-order valence-electron chi connectivity index (χ1n) is 11.8. The molecule has 0 atom stereocenters. The fourth-order valence-electron chi connectivity index (χ4n) is 3.71. The van der Waals surface area contributed by atoms with Gasteiger partial charge in [0.2, 0.25) is 0 Å². The number of rotatable bonds is 9. The zero-order valence-corrected chi connectivity index (χ0v) is 22.1. The maximum absolute atomic E-state index is 13.5. The molecule has 0 unspecified atom stereocenters. The van der Waals surface area contributed by atoms with Gasteiger partial charge in [0.15, 0.2) is 0 Å². The third kappa shape index (κ3) is 6.94. The van der Waals surface area contributed by atoms with Crippen molar-refractivity contribution in [2.24, 2.45) is 0 Å². The van der Waals surface area contributed by atoms with Crippen molar-refractivity contribution in [3.8, 4) is 34.5 Å². The summed E-state index contributed by atoms with van der Waals surface area (Å²) in [6, 6.07) is 39.6. The van der Waals surface area contributed by atoms with Gasteiger partial charge in [-0.3, -0.25) is 0 Å². The Kier molecular flexibility index (Phi) is 9.41. The first-order valence-corrected chi connectivity index (χ1v) is 12.7. The van der Waals surface area contributed by atoms with Gasteiger partial charge < -0.3 is 27.6 Å². The van der Waals surface area contributed by atoms with Gasteiger partial charge in [-0.25, -0.2) is 0 Å². The van der Waals surface area contributed by atoms with Gasteiger partial charge in [-0.1, -0.05) is 78.9 Å². The van der Waals surface area contributed by atoms with Crippen molar-refractivity contribution in [2.75, 3.05) is 0 Å². The van der Waals surface area contributed by atoms with Gasteiger partial charge in [-0.2, -0.15) is 0 Å². The van der Waals surface area contributed by atoms with Crippen LogP contribution in [0.5, 0.6) is 34.5 Å². The number of para-hydroxylation sites is 3. The number of carbonyl (C=O) groups is 1. The van der Waals surface area contributed by atoms with Crippen molar-refractivity contribution < 1.29 is 37.9 Å². The van der Waals surface area contributed by atoms with E-state index in [1.165, 1.54) is 0 Å². The maximum atomic E-state index is 13.5. The van der Waals surface area contributed by atoms with E-state index in [-0.39, 0.29) is 24.4 Å². The molecule has 6 heteroatoms. The molecule has 0 saturated heterocycles. The fourth-order valence-corrected chi connectivity index (χ4v) is 4.73. The van der Waals surface area contributed by atoms with Gasteiger partial charge in [-0.15, -0.1) is 5.30 Å². The third-order valence-corrected chi connectivity index (χ3v) is 6.63. The van der Waals surface area contributed by atoms with Crippen LogP contribution in [-0.4, -0.2) is 5.52 Å². The van der Waals surface area contributed by atoms with Crippen LogP contribution in [0.2, 0.25) is 0 Å². The Morgan fingerprint density at radius 2 is 0.974 bits per heavy atom. The molecule has 0 aromatic heterocycles. The Bertz CT molecular complexity index is 1430. The molecule has 5 aromatic carbocycles. The second kappa shape index (κ2) is 13.1. The van der Waals surface area contributed by atoms with Crippen molar-refractivity contribution in [2.45, 2.75) is 6.92 Å². The van der Waals surface area contributed by atoms with E-state index >= 15 is 0 Å². The SMILES string of the molecule is Cc1ccccc1C(=O)[P-]c1c(Oc2ccccc2)cc(Oc2ccccc2)cc1Oc1ccccc1.[Li+]. The van der Waals surface area contributed by atoms with Crippen molar-refractivity contribution in [1.82, 2.24) is 0 Å². The summed E-state index contributed by atoms with van der Waals surface area (Å²) in [7, 11) is 0.423. The van der Waals surface area contributed by atoms with Crippen molar-refractivity contribution in [3.63, 3.8) is 0 Å². The van der Waals surface area contributed by atoms with Crippen molar-refractivity contribution in [1.29, 1.82) is 0 Å². The first-order chi connectivity index (χ1) is 18.2. The minimum Gasteiger partial charge on any atom is -0.459 e. The average Bonchev–Trinajstić information content (AvgIpc) is 2.92. The van der Waals surface area contributed by atoms with Crippen LogP contribution in [0.4, 0.5) is 0 Å². The minimum atomic E-state index is -0.0503. The summed E-state index contributed by atoms with van der Waals surface area (Å²) in [5.74, 6) is 3.46. The summed E-state index contributed by atoms with van der Waals surface area (Å²) in [6.07, 6.45) is 0. The van der Waals surface area contributed by atoms with Gasteiger partial charge in [0, 0.05) is 17.7 Å². The van der Waals surface area contributed by atoms with Crippen LogP contribution in [0.3, 0.4) is 0 Å². The topological polar surface area (TPSA) is 44.8 Å². The molecule has 0 aliphatic carbocycles. The molecule has 0 N–H and O–H groups in total. The van der Waals surface area contributed by atoms with Crippen molar-refractivity contribution in [3.05, 3.63) is 139 Å². The fraction of sp³-hybridized carbons (Fsp3) is 0.0312. The van der Waals surface area contributed by atoms with E-state index < -0.39 is 0 Å². The van der Waals surface area contributed by atoms with E-state index in [4.69, 9.17) is 14.2 Å². The van der Waals surface area contributed by atoms with Gasteiger partial charge in [-0.05, 0) is 54.4 Å². The Balaban J connectivity index is 0.00000336. The monoisotopic (exact) mass is 510 g/mol. The molecule has 0 bridgehead atoms. The Morgan fingerprint density at radius 1 is 0.553 bits per heavy atom. The van der Waals surface area contributed by atoms with Crippen LogP contribution in [0.1, 0.15) is 15.9 Å². The molecule has 0 aliphatic rings. The molecule has 0 heterocycles. The standard InChI is InChI=1S/C32H24O4P.Li/c1-23-13-11-12-20-28(23)32(33)37-31-29(35-25-16-7-3-8-17-25)21-27(34-24-14-5-2-6-15-24)22-30(31)36-26-18-9-4-10-19-26;/h2-22H,1H3;/q-1;+1. The second-order valence-corrected chi connectivity index (χ2v) is 9.32. The molecule has 0 radical (unpaired) electrons. The normalized spacial score (nSPS) is 10.6. The third-order valence-electron chi connectivity index (χ3n) is 5.52. The molecular weight excluding hydrogens is 486 g/mol. The molecule has 5 rings (SSSR count). The van der Waals surface area contributed by atoms with Gasteiger partial charge in [0.05, 0.1) is 0 Å². The predicted molar refractivity (Wildman–Crippen MR) is 148 cm³/mol. The summed E-state index contributed by atoms with van der Waals surface area (Å²) in [6.45, 7) is 1.93. The number of carbonyl (C=O) groups excluding carboxylic acids is 1. The number of aryl methyl sites for hydroxylation is 1. The molecule has 0 amide bonds. The molecule has 0 aliphatic heterocycles. The molecule has 38 heavy (non-hydrogen) atoms. The van der Waals surface area contributed by atoms with E-state index in [1.54, 1.807) is 12.1 Å². The van der Waals surface area contributed by atoms with E-state index in [0.717, 1.165) is 5.56 Å². The molecule has 182 valence electrons. The quantitative estimate of drug-likeness (QED) is 0.186. The summed E-state index contributed by atoms with van der Waals surface area (Å²) in [4.78, 5) is 13.5. The second-order valence-electron chi connectivity index (χ2n) is 8.25. The number of benzene rings is 5. The number of ether oxygens (including phenoxy) is 3. The van der Waals surface area contributed by atoms with Crippen LogP contribution < -0.4 is 38.4 Å². The minimum absolute atomic E-state index is 0. The van der Waals surface area contributed by atoms with Gasteiger partial charge in [0.1, 0.15) is 34.5 Å². The van der Waals surface area contributed by atoms with E-state index in [1.807, 2.05) is 122 Å². The summed E-state index contributed by atoms with van der Waals surface area (Å²) >= 11 is 0. The summed E-state index contributed by atoms with van der Waals surface area (Å²) in [5.41, 5.74) is 1.52. The number of hydrogen-bond donors (Lipinski definition) is 0. The molecular formula is C32H24LiO4P. The zero-order chi connectivity index (χ0) is 25.5. The zero-order valence-electron chi connectivity index (χ0n) is 21.2. The molecule has 0 spiro atoms. The van der Waals surface area contributed by atoms with Crippen LogP contribution in [0, 0.1) is 6.92 Å². The van der Waals surface area contributed by atoms with E-state index in [0.29, 0.717) is 53.9 Å². The maximum Gasteiger partial charge on any atom is 1.00 e. The molecule has 0 saturated carbocycles. The van der Waals surface area contributed by atoms with Crippen LogP contribution in [-0.2, 0) is 0 Å².